The number of carbonyl (C=O) groups is 3. The number of nitrogens with zero attached hydrogens (tertiary/aromatic N) is 1. The molecular weight excluding hydrogens is 614 g/mol. The predicted molar refractivity (Wildman–Crippen MR) is 187 cm³/mol. The van der Waals surface area contributed by atoms with E-state index in [4.69, 9.17) is 23.7 Å². The summed E-state index contributed by atoms with van der Waals surface area (Å²) in [5, 5.41) is 5.80. The third-order valence-electron chi connectivity index (χ3n) is 7.42. The van der Waals surface area contributed by atoms with Gasteiger partial charge >= 0.3 is 12.1 Å². The molecule has 1 fully saturated rings. The van der Waals surface area contributed by atoms with Crippen LogP contribution in [0.2, 0.25) is 0 Å². The second kappa shape index (κ2) is 18.6. The van der Waals surface area contributed by atoms with Crippen LogP contribution in [0, 0.1) is 0 Å². The Hall–Kier alpha value is -3.83. The molecule has 1 saturated heterocycles. The summed E-state index contributed by atoms with van der Waals surface area (Å²) < 4.78 is 26.7. The summed E-state index contributed by atoms with van der Waals surface area (Å²) in [6, 6.07) is 14.6. The summed E-state index contributed by atoms with van der Waals surface area (Å²) >= 11 is 0. The van der Waals surface area contributed by atoms with E-state index in [1.165, 1.54) is 0 Å². The van der Waals surface area contributed by atoms with E-state index in [2.05, 4.69) is 17.6 Å². The first kappa shape index (κ1) is 40.3. The van der Waals surface area contributed by atoms with Crippen LogP contribution in [0.4, 0.5) is 9.59 Å². The molecule has 0 saturated carbocycles. The summed E-state index contributed by atoms with van der Waals surface area (Å²) in [5.41, 5.74) is 0.0481. The number of Topliss-reactive ketones (excluding diaryl/α,β-unsaturated/α-hetero) is 1. The number of benzene rings is 2. The van der Waals surface area contributed by atoms with Crippen molar-refractivity contribution in [2.75, 3.05) is 47.2 Å². The Morgan fingerprint density at radius 3 is 2.04 bits per heavy atom. The van der Waals surface area contributed by atoms with Crippen LogP contribution in [0.15, 0.2) is 48.5 Å². The lowest BCUT2D eigenvalue weighted by molar-refractivity contribution is -0.0656. The normalized spacial score (nSPS) is 15.8. The third kappa shape index (κ3) is 13.7. The van der Waals surface area contributed by atoms with Gasteiger partial charge in [0.25, 0.3) is 0 Å². The zero-order valence-corrected chi connectivity index (χ0v) is 30.6. The third-order valence-corrected chi connectivity index (χ3v) is 7.42. The Kier molecular flexibility index (Phi) is 15.7. The van der Waals surface area contributed by atoms with Gasteiger partial charge in [-0.25, -0.2) is 9.59 Å². The van der Waals surface area contributed by atoms with E-state index in [1.807, 2.05) is 43.0 Å². The fraction of sp³-hybridized carbons (Fsp3) is 0.595. The summed E-state index contributed by atoms with van der Waals surface area (Å²) in [4.78, 5) is 38.6. The molecule has 0 bridgehead atoms. The van der Waals surface area contributed by atoms with E-state index in [0.717, 1.165) is 37.1 Å². The molecule has 11 nitrogen and oxygen atoms in total. The van der Waals surface area contributed by atoms with Gasteiger partial charge in [0.15, 0.2) is 5.78 Å². The van der Waals surface area contributed by atoms with Gasteiger partial charge in [0, 0.05) is 12.1 Å². The van der Waals surface area contributed by atoms with Crippen molar-refractivity contribution in [2.24, 2.45) is 0 Å². The monoisotopic (exact) mass is 671 g/mol. The molecule has 11 heteroatoms. The highest BCUT2D eigenvalue weighted by Gasteiger charge is 2.41. The lowest BCUT2D eigenvalue weighted by Crippen LogP contribution is -2.59. The molecule has 1 aliphatic rings. The van der Waals surface area contributed by atoms with Gasteiger partial charge in [-0.1, -0.05) is 31.9 Å². The van der Waals surface area contributed by atoms with Gasteiger partial charge in [-0.05, 0) is 96.8 Å². The van der Waals surface area contributed by atoms with E-state index in [-0.39, 0.29) is 36.6 Å². The van der Waals surface area contributed by atoms with Gasteiger partial charge in [0.05, 0.1) is 51.2 Å². The molecule has 1 aliphatic heterocycles. The zero-order valence-electron chi connectivity index (χ0n) is 30.6. The van der Waals surface area contributed by atoms with Crippen LogP contribution in [0.3, 0.4) is 0 Å². The van der Waals surface area contributed by atoms with Gasteiger partial charge in [0.1, 0.15) is 23.7 Å². The summed E-state index contributed by atoms with van der Waals surface area (Å²) in [6.07, 6.45) is 2.78. The first-order chi connectivity index (χ1) is 22.5. The van der Waals surface area contributed by atoms with Crippen molar-refractivity contribution in [2.45, 2.75) is 97.4 Å². The van der Waals surface area contributed by atoms with Crippen LogP contribution in [-0.4, -0.2) is 86.7 Å². The second-order valence-corrected chi connectivity index (χ2v) is 14.1. The second-order valence-electron chi connectivity index (χ2n) is 14.1. The highest BCUT2D eigenvalue weighted by molar-refractivity contribution is 5.97. The van der Waals surface area contributed by atoms with Crippen LogP contribution in [-0.2, 0) is 14.2 Å². The van der Waals surface area contributed by atoms with Gasteiger partial charge in [0.2, 0.25) is 0 Å². The Morgan fingerprint density at radius 2 is 1.50 bits per heavy atom. The molecule has 3 rings (SSSR count). The predicted octanol–water partition coefficient (Wildman–Crippen LogP) is 6.94. The molecule has 1 heterocycles. The molecule has 2 N–H and O–H groups in total. The topological polar surface area (TPSA) is 125 Å². The molecule has 2 aromatic carbocycles. The molecule has 0 spiro atoms. The molecule has 268 valence electrons. The zero-order chi connectivity index (χ0) is 36.0. The van der Waals surface area contributed by atoms with Gasteiger partial charge in [-0.2, -0.15) is 0 Å². The van der Waals surface area contributed by atoms with Crippen LogP contribution in [0.25, 0.3) is 0 Å². The highest BCUT2D eigenvalue weighted by atomic mass is 16.6. The molecule has 3 amide bonds. The quantitative estimate of drug-likeness (QED) is 0.173. The molecule has 0 aromatic heterocycles. The van der Waals surface area contributed by atoms with Gasteiger partial charge < -0.3 is 39.2 Å². The lowest BCUT2D eigenvalue weighted by atomic mass is 9.95. The molecule has 0 radical (unpaired) electrons. The van der Waals surface area contributed by atoms with E-state index in [9.17, 15) is 14.4 Å². The van der Waals surface area contributed by atoms with Crippen LogP contribution in [0.5, 0.6) is 11.5 Å². The number of carbonyl (C=O) groups excluding carboxylic acids is 3. The Morgan fingerprint density at radius 1 is 0.917 bits per heavy atom. The average molecular weight is 672 g/mol. The summed E-state index contributed by atoms with van der Waals surface area (Å²) in [7, 11) is 3.22. The Balaban J connectivity index is 0.000000333. The first-order valence-corrected chi connectivity index (χ1v) is 16.6. The first-order valence-electron chi connectivity index (χ1n) is 16.6. The number of urea groups is 1. The Bertz CT molecular complexity index is 1290. The molecule has 2 aromatic rings. The Labute approximate surface area is 287 Å². The van der Waals surface area contributed by atoms with E-state index in [1.54, 1.807) is 73.1 Å². The fourth-order valence-corrected chi connectivity index (χ4v) is 5.00. The van der Waals surface area contributed by atoms with E-state index in [0.29, 0.717) is 24.5 Å². The number of ether oxygens (including phenoxy) is 5. The van der Waals surface area contributed by atoms with Crippen molar-refractivity contribution in [1.82, 2.24) is 15.5 Å². The summed E-state index contributed by atoms with van der Waals surface area (Å²) in [5.74, 6) is 1.37. The molecule has 48 heavy (non-hydrogen) atoms. The van der Waals surface area contributed by atoms with Crippen molar-refractivity contribution in [3.63, 3.8) is 0 Å². The number of hydrogen-bond acceptors (Lipinski definition) is 8. The molecule has 1 unspecified atom stereocenters. The number of nitrogens with one attached hydrogen (secondary N) is 2. The van der Waals surface area contributed by atoms with Crippen molar-refractivity contribution in [3.8, 4) is 11.5 Å². The average Bonchev–Trinajstić information content (AvgIpc) is 3.01. The smallest absolute Gasteiger partial charge is 0.408 e. The van der Waals surface area contributed by atoms with E-state index >= 15 is 0 Å². The minimum Gasteiger partial charge on any atom is -0.497 e. The SMILES string of the molecule is CCCCCNC(=O)N1C(c2ccc(OC)cc2)COCC1(C)C.COc1ccc(C(=O)COCC(C)(C)NC(=O)OC(C)(C)C)cc1. The van der Waals surface area contributed by atoms with Gasteiger partial charge in [-0.3, -0.25) is 4.79 Å². The largest absolute Gasteiger partial charge is 0.497 e. The number of unbranched alkanes of at least 4 members (excludes halogenated alkanes) is 2. The number of amides is 3. The minimum atomic E-state index is -0.650. The van der Waals surface area contributed by atoms with Crippen LogP contribution >= 0.6 is 0 Å². The maximum absolute atomic E-state index is 12.8. The minimum absolute atomic E-state index is 0.0137. The number of rotatable bonds is 13. The van der Waals surface area contributed by atoms with Crippen molar-refractivity contribution < 1.29 is 38.1 Å². The number of alkyl carbamates (subject to hydrolysis) is 1. The van der Waals surface area contributed by atoms with E-state index < -0.39 is 17.2 Å². The number of methoxy groups -OCH3 is 2. The van der Waals surface area contributed by atoms with Crippen LogP contribution in [0.1, 0.15) is 96.6 Å². The maximum Gasteiger partial charge on any atom is 0.408 e. The maximum atomic E-state index is 12.8. The van der Waals surface area contributed by atoms with Crippen LogP contribution < -0.4 is 20.1 Å². The standard InChI is InChI=1S/C19H30N2O3.C18H27NO5/c1-5-6-7-12-20-18(22)21-17(13-24-14-19(21,2)3)15-8-10-16(23-4)11-9-15;1-17(2,3)24-16(21)19-18(4,5)12-23-11-15(20)13-7-9-14(22-6)10-8-13/h8-11,17H,5-7,12-14H2,1-4H3,(H,20,22);7-10H,11-12H2,1-6H3,(H,19,21). The van der Waals surface area contributed by atoms with Gasteiger partial charge in [-0.15, -0.1) is 0 Å². The number of ketones is 1. The van der Waals surface area contributed by atoms with Crippen molar-refractivity contribution in [1.29, 1.82) is 0 Å². The fourth-order valence-electron chi connectivity index (χ4n) is 5.00. The molecular formula is C37H57N3O8. The lowest BCUT2D eigenvalue weighted by Gasteiger charge is -2.47. The molecule has 1 atom stereocenters. The number of hydrogen-bond donors (Lipinski definition) is 2. The summed E-state index contributed by atoms with van der Waals surface area (Å²) in [6.45, 7) is 17.1. The highest BCUT2D eigenvalue weighted by Crippen LogP contribution is 2.34. The van der Waals surface area contributed by atoms with Crippen molar-refractivity contribution in [3.05, 3.63) is 59.7 Å². The molecule has 0 aliphatic carbocycles. The van der Waals surface area contributed by atoms with Crippen molar-refractivity contribution >= 4 is 17.9 Å². The number of morpholine rings is 1.